The number of nitrogens with one attached hydrogen (secondary N) is 1. The zero-order valence-electron chi connectivity index (χ0n) is 16.1. The van der Waals surface area contributed by atoms with E-state index in [4.69, 9.17) is 27.2 Å². The molecule has 0 spiro atoms. The van der Waals surface area contributed by atoms with E-state index in [-0.39, 0.29) is 36.5 Å². The first-order chi connectivity index (χ1) is 13.9. The van der Waals surface area contributed by atoms with Crippen LogP contribution >= 0.6 is 11.6 Å². The third-order valence-electron chi connectivity index (χ3n) is 4.61. The van der Waals surface area contributed by atoms with Crippen LogP contribution in [0.3, 0.4) is 0 Å². The zero-order chi connectivity index (χ0) is 21.0. The lowest BCUT2D eigenvalue weighted by molar-refractivity contribution is 0.0942. The molecule has 1 aromatic carbocycles. The van der Waals surface area contributed by atoms with E-state index in [1.54, 1.807) is 0 Å². The van der Waals surface area contributed by atoms with Crippen LogP contribution in [0.1, 0.15) is 34.1 Å². The van der Waals surface area contributed by atoms with Gasteiger partial charge in [-0.25, -0.2) is 4.98 Å². The van der Waals surface area contributed by atoms with Crippen LogP contribution in [-0.2, 0) is 4.74 Å². The number of aryl methyl sites for hydroxylation is 1. The van der Waals surface area contributed by atoms with Gasteiger partial charge in [0.2, 0.25) is 5.95 Å². The summed E-state index contributed by atoms with van der Waals surface area (Å²) in [6.07, 6.45) is 0.782. The number of amides is 1. The Labute approximate surface area is 173 Å². The van der Waals surface area contributed by atoms with Gasteiger partial charge in [0, 0.05) is 36.5 Å². The van der Waals surface area contributed by atoms with Crippen molar-refractivity contribution in [2.45, 2.75) is 19.4 Å². The maximum absolute atomic E-state index is 12.2. The molecule has 1 amide bonds. The Hall–Kier alpha value is -2.62. The van der Waals surface area contributed by atoms with Crippen molar-refractivity contribution in [3.05, 3.63) is 40.0 Å². The van der Waals surface area contributed by atoms with Gasteiger partial charge in [0.1, 0.15) is 11.6 Å². The first-order valence-electron chi connectivity index (χ1n) is 9.27. The third-order valence-corrected chi connectivity index (χ3v) is 4.94. The number of anilines is 2. The molecule has 5 N–H and O–H groups in total. The summed E-state index contributed by atoms with van der Waals surface area (Å²) in [6.45, 7) is 3.28. The average molecular weight is 422 g/mol. The number of ether oxygens (including phenoxy) is 1. The molecule has 1 aromatic heterocycles. The van der Waals surface area contributed by atoms with Crippen LogP contribution in [0.25, 0.3) is 0 Å². The molecule has 3 rings (SSSR count). The molecule has 0 aliphatic carbocycles. The molecule has 156 valence electrons. The number of aliphatic hydroxyl groups excluding tert-OH is 1. The van der Waals surface area contributed by atoms with E-state index < -0.39 is 5.91 Å². The van der Waals surface area contributed by atoms with Crippen LogP contribution in [0.2, 0.25) is 5.02 Å². The number of nitrogen functional groups attached to an aromatic ring is 1. The van der Waals surface area contributed by atoms with Gasteiger partial charge < -0.3 is 30.9 Å². The number of carbonyl (C=O) groups is 1. The van der Waals surface area contributed by atoms with Crippen molar-refractivity contribution in [2.75, 3.05) is 43.5 Å². The van der Waals surface area contributed by atoms with Gasteiger partial charge in [-0.05, 0) is 31.0 Å². The minimum Gasteiger partial charge on any atom is -0.507 e. The molecule has 29 heavy (non-hydrogen) atoms. The van der Waals surface area contributed by atoms with E-state index >= 15 is 0 Å². The smallest absolute Gasteiger partial charge is 0.255 e. The van der Waals surface area contributed by atoms with Gasteiger partial charge in [-0.2, -0.15) is 4.98 Å². The van der Waals surface area contributed by atoms with Crippen molar-refractivity contribution in [1.82, 2.24) is 15.3 Å². The molecule has 1 saturated heterocycles. The first-order valence-corrected chi connectivity index (χ1v) is 9.65. The minimum atomic E-state index is -0.516. The standard InChI is InChI=1S/C19H24ClN5O4/c1-11-7-17(24-19(21)23-11)25-4-2-6-29-10-15(25)12-9-16(27)13(8-14(12)20)18(28)22-3-5-26/h7-9,15,26-27H,2-6,10H2,1H3,(H,22,28)(H2,21,23,24)/t15-/m0/s1. The van der Waals surface area contributed by atoms with E-state index in [0.29, 0.717) is 36.2 Å². The summed E-state index contributed by atoms with van der Waals surface area (Å²) in [7, 11) is 0. The number of phenols is 1. The quantitative estimate of drug-likeness (QED) is 0.569. The molecular formula is C19H24ClN5O4. The van der Waals surface area contributed by atoms with Crippen LogP contribution in [0.5, 0.6) is 5.75 Å². The Bertz CT molecular complexity index is 875. The SMILES string of the molecule is Cc1cc(N2CCCOC[C@H]2c2cc(O)c(C(=O)NCCO)cc2Cl)nc(N)n1. The topological polar surface area (TPSA) is 134 Å². The Kier molecular flexibility index (Phi) is 6.73. The summed E-state index contributed by atoms with van der Waals surface area (Å²) >= 11 is 6.50. The second-order valence-electron chi connectivity index (χ2n) is 6.73. The van der Waals surface area contributed by atoms with Crippen molar-refractivity contribution >= 4 is 29.3 Å². The van der Waals surface area contributed by atoms with Gasteiger partial charge >= 0.3 is 0 Å². The van der Waals surface area contributed by atoms with Crippen molar-refractivity contribution in [2.24, 2.45) is 0 Å². The molecule has 1 atom stereocenters. The van der Waals surface area contributed by atoms with Gasteiger partial charge in [0.15, 0.2) is 0 Å². The second kappa shape index (κ2) is 9.25. The summed E-state index contributed by atoms with van der Waals surface area (Å²) in [5.74, 6) is 0.0974. The number of halogens is 1. The number of benzene rings is 1. The van der Waals surface area contributed by atoms with E-state index in [1.165, 1.54) is 12.1 Å². The van der Waals surface area contributed by atoms with Gasteiger partial charge in [-0.3, -0.25) is 4.79 Å². The fourth-order valence-corrected chi connectivity index (χ4v) is 3.60. The number of aliphatic hydroxyl groups is 1. The summed E-state index contributed by atoms with van der Waals surface area (Å²) < 4.78 is 5.74. The van der Waals surface area contributed by atoms with Gasteiger partial charge in [0.25, 0.3) is 5.91 Å². The van der Waals surface area contributed by atoms with Gasteiger partial charge in [0.05, 0.1) is 24.8 Å². The molecule has 2 aromatic rings. The predicted molar refractivity (Wildman–Crippen MR) is 109 cm³/mol. The lowest BCUT2D eigenvalue weighted by Gasteiger charge is -2.31. The first kappa shape index (κ1) is 21.1. The molecule has 0 unspecified atom stereocenters. The molecule has 9 nitrogen and oxygen atoms in total. The van der Waals surface area contributed by atoms with E-state index in [0.717, 1.165) is 12.1 Å². The second-order valence-corrected chi connectivity index (χ2v) is 7.14. The molecule has 0 radical (unpaired) electrons. The van der Waals surface area contributed by atoms with Crippen LogP contribution in [0.4, 0.5) is 11.8 Å². The Morgan fingerprint density at radius 1 is 1.41 bits per heavy atom. The molecule has 1 aliphatic rings. The molecule has 10 heteroatoms. The number of carbonyl (C=O) groups excluding carboxylic acids is 1. The fraction of sp³-hybridized carbons (Fsp3) is 0.421. The summed E-state index contributed by atoms with van der Waals surface area (Å²) in [4.78, 5) is 22.7. The van der Waals surface area contributed by atoms with Crippen molar-refractivity contribution in [3.8, 4) is 5.75 Å². The predicted octanol–water partition coefficient (Wildman–Crippen LogP) is 1.42. The van der Waals surface area contributed by atoms with Gasteiger partial charge in [-0.15, -0.1) is 0 Å². The van der Waals surface area contributed by atoms with E-state index in [9.17, 15) is 9.90 Å². The Balaban J connectivity index is 1.99. The maximum atomic E-state index is 12.2. The minimum absolute atomic E-state index is 0.0374. The molecular weight excluding hydrogens is 398 g/mol. The number of hydrogen-bond acceptors (Lipinski definition) is 8. The van der Waals surface area contributed by atoms with Crippen molar-refractivity contribution < 1.29 is 19.7 Å². The lowest BCUT2D eigenvalue weighted by atomic mass is 10.0. The Morgan fingerprint density at radius 3 is 2.93 bits per heavy atom. The molecule has 0 bridgehead atoms. The molecule has 2 heterocycles. The highest BCUT2D eigenvalue weighted by molar-refractivity contribution is 6.32. The van der Waals surface area contributed by atoms with Crippen LogP contribution in [-0.4, -0.2) is 59.0 Å². The number of hydrogen-bond donors (Lipinski definition) is 4. The Morgan fingerprint density at radius 2 is 2.21 bits per heavy atom. The maximum Gasteiger partial charge on any atom is 0.255 e. The summed E-state index contributed by atoms with van der Waals surface area (Å²) in [6, 6.07) is 4.39. The average Bonchev–Trinajstić information content (AvgIpc) is 2.92. The monoisotopic (exact) mass is 421 g/mol. The molecule has 1 aliphatic heterocycles. The van der Waals surface area contributed by atoms with E-state index in [2.05, 4.69) is 15.3 Å². The van der Waals surface area contributed by atoms with Crippen LogP contribution in [0.15, 0.2) is 18.2 Å². The van der Waals surface area contributed by atoms with E-state index in [1.807, 2.05) is 17.9 Å². The molecule has 0 saturated carbocycles. The number of rotatable bonds is 5. The third kappa shape index (κ3) is 4.87. The van der Waals surface area contributed by atoms with Crippen molar-refractivity contribution in [1.29, 1.82) is 0 Å². The number of nitrogens with two attached hydrogens (primary N) is 1. The zero-order valence-corrected chi connectivity index (χ0v) is 16.8. The van der Waals surface area contributed by atoms with Crippen molar-refractivity contribution in [3.63, 3.8) is 0 Å². The van der Waals surface area contributed by atoms with Crippen LogP contribution < -0.4 is 16.0 Å². The normalized spacial score (nSPS) is 17.1. The van der Waals surface area contributed by atoms with Crippen LogP contribution in [0, 0.1) is 6.92 Å². The highest BCUT2D eigenvalue weighted by Crippen LogP contribution is 2.36. The highest BCUT2D eigenvalue weighted by atomic mass is 35.5. The summed E-state index contributed by atoms with van der Waals surface area (Å²) in [5.41, 5.74) is 7.21. The number of aromatic nitrogens is 2. The molecule has 1 fully saturated rings. The summed E-state index contributed by atoms with van der Waals surface area (Å²) in [5, 5.41) is 22.1. The number of phenolic OH excluding ortho intramolecular Hbond substituents is 1. The lowest BCUT2D eigenvalue weighted by Crippen LogP contribution is -2.32. The highest BCUT2D eigenvalue weighted by Gasteiger charge is 2.28. The van der Waals surface area contributed by atoms with Gasteiger partial charge in [-0.1, -0.05) is 11.6 Å². The number of nitrogens with zero attached hydrogens (tertiary/aromatic N) is 3. The number of aromatic hydroxyl groups is 1. The fourth-order valence-electron chi connectivity index (χ4n) is 3.31. The largest absolute Gasteiger partial charge is 0.507 e.